The molecule has 0 radical (unpaired) electrons. The average molecular weight is 692 g/mol. The minimum Gasteiger partial charge on any atom is -0.449 e. The van der Waals surface area contributed by atoms with Crippen LogP contribution < -0.4 is 15.5 Å². The molecule has 4 rings (SSSR count). The number of rotatable bonds is 7. The lowest BCUT2D eigenvalue weighted by Crippen LogP contribution is -2.56. The van der Waals surface area contributed by atoms with Crippen LogP contribution in [0.1, 0.15) is 75.5 Å². The smallest absolute Gasteiger partial charge is 0.420 e. The van der Waals surface area contributed by atoms with E-state index < -0.39 is 59.9 Å². The third-order valence-corrected chi connectivity index (χ3v) is 7.32. The normalized spacial score (nSPS) is 16.6. The number of carbonyl (C=O) groups excluding carboxylic acids is 6. The topological polar surface area (TPSA) is 194 Å². The van der Waals surface area contributed by atoms with E-state index in [1.54, 1.807) is 59.7 Å². The fourth-order valence-electron chi connectivity index (χ4n) is 5.23. The highest BCUT2D eigenvalue weighted by Crippen LogP contribution is 2.27. The summed E-state index contributed by atoms with van der Waals surface area (Å²) in [5.74, 6) is -2.59. The maximum absolute atomic E-state index is 13.7. The van der Waals surface area contributed by atoms with Gasteiger partial charge in [0.15, 0.2) is 6.10 Å². The first-order valence-corrected chi connectivity index (χ1v) is 16.0. The molecular weight excluding hydrogens is 650 g/mol. The number of amides is 5. The van der Waals surface area contributed by atoms with Crippen LogP contribution >= 0.6 is 0 Å². The van der Waals surface area contributed by atoms with E-state index in [0.717, 1.165) is 12.5 Å². The zero-order valence-corrected chi connectivity index (χ0v) is 29.1. The van der Waals surface area contributed by atoms with Gasteiger partial charge in [-0.25, -0.2) is 14.5 Å². The molecule has 2 aliphatic rings. The SMILES string of the molecule is CC(=O)O[C@@H](C(=O)Nc1ccc(C#N)c(CN(C(=O)OC(C)(C)C)C(=O)OC(C)(C)C)c1)[C@H]1OCCN(c2ccc3c(c2)CCNC3=O)C1=O. The van der Waals surface area contributed by atoms with Crippen molar-refractivity contribution in [2.75, 3.05) is 29.9 Å². The molecule has 15 nitrogen and oxygen atoms in total. The maximum Gasteiger partial charge on any atom is 0.420 e. The third kappa shape index (κ3) is 9.35. The zero-order chi connectivity index (χ0) is 37.0. The van der Waals surface area contributed by atoms with Gasteiger partial charge in [0.1, 0.15) is 11.2 Å². The minimum absolute atomic E-state index is 0.0190. The lowest BCUT2D eigenvalue weighted by atomic mass is 9.99. The van der Waals surface area contributed by atoms with Crippen molar-refractivity contribution in [2.24, 2.45) is 0 Å². The molecule has 0 saturated carbocycles. The molecule has 5 amide bonds. The van der Waals surface area contributed by atoms with Gasteiger partial charge in [0.2, 0.25) is 6.10 Å². The zero-order valence-electron chi connectivity index (χ0n) is 29.1. The van der Waals surface area contributed by atoms with E-state index in [9.17, 15) is 34.0 Å². The molecule has 2 heterocycles. The van der Waals surface area contributed by atoms with Crippen LogP contribution in [0.2, 0.25) is 0 Å². The lowest BCUT2D eigenvalue weighted by molar-refractivity contribution is -0.167. The summed E-state index contributed by atoms with van der Waals surface area (Å²) in [7, 11) is 0. The summed E-state index contributed by atoms with van der Waals surface area (Å²) >= 11 is 0. The van der Waals surface area contributed by atoms with Gasteiger partial charge in [0.05, 0.1) is 24.8 Å². The monoisotopic (exact) mass is 691 g/mol. The highest BCUT2D eigenvalue weighted by Gasteiger charge is 2.43. The van der Waals surface area contributed by atoms with Crippen molar-refractivity contribution in [3.63, 3.8) is 0 Å². The van der Waals surface area contributed by atoms with Crippen LogP contribution in [0, 0.1) is 11.3 Å². The van der Waals surface area contributed by atoms with Crippen LogP contribution in [0.15, 0.2) is 36.4 Å². The molecule has 1 fully saturated rings. The quantitative estimate of drug-likeness (QED) is 0.317. The number of ether oxygens (including phenoxy) is 4. The maximum atomic E-state index is 13.7. The number of nitriles is 1. The molecule has 2 N–H and O–H groups in total. The summed E-state index contributed by atoms with van der Waals surface area (Å²) in [6.07, 6.45) is -4.68. The third-order valence-electron chi connectivity index (χ3n) is 7.32. The highest BCUT2D eigenvalue weighted by atomic mass is 16.6. The van der Waals surface area contributed by atoms with Crippen molar-refractivity contribution >= 4 is 47.3 Å². The Morgan fingerprint density at radius 2 is 1.70 bits per heavy atom. The number of hydrogen-bond acceptors (Lipinski definition) is 11. The Morgan fingerprint density at radius 3 is 2.30 bits per heavy atom. The second kappa shape index (κ2) is 15.0. The van der Waals surface area contributed by atoms with Crippen LogP contribution in [0.4, 0.5) is 21.0 Å². The Morgan fingerprint density at radius 1 is 1.04 bits per heavy atom. The predicted molar refractivity (Wildman–Crippen MR) is 178 cm³/mol. The molecule has 50 heavy (non-hydrogen) atoms. The number of nitrogens with one attached hydrogen (secondary N) is 2. The van der Waals surface area contributed by atoms with E-state index in [1.165, 1.54) is 23.1 Å². The van der Waals surface area contributed by atoms with Crippen molar-refractivity contribution in [1.29, 1.82) is 5.26 Å². The second-order valence-corrected chi connectivity index (χ2v) is 13.7. The molecule has 0 aliphatic carbocycles. The Kier molecular flexibility index (Phi) is 11.2. The van der Waals surface area contributed by atoms with Crippen molar-refractivity contribution in [2.45, 2.75) is 84.8 Å². The largest absolute Gasteiger partial charge is 0.449 e. The summed E-state index contributed by atoms with van der Waals surface area (Å²) in [6, 6.07) is 11.1. The molecule has 1 saturated heterocycles. The first-order valence-electron chi connectivity index (χ1n) is 16.0. The van der Waals surface area contributed by atoms with Crippen LogP contribution in [0.25, 0.3) is 0 Å². The Bertz CT molecular complexity index is 1710. The van der Waals surface area contributed by atoms with Gasteiger partial charge in [-0.2, -0.15) is 5.26 Å². The van der Waals surface area contributed by atoms with Crippen molar-refractivity contribution in [1.82, 2.24) is 10.2 Å². The van der Waals surface area contributed by atoms with Gasteiger partial charge in [0, 0.05) is 37.0 Å². The first-order chi connectivity index (χ1) is 23.4. The molecule has 2 aromatic rings. The van der Waals surface area contributed by atoms with Gasteiger partial charge in [-0.3, -0.25) is 19.2 Å². The summed E-state index contributed by atoms with van der Waals surface area (Å²) in [5.41, 5.74) is 0.200. The Labute approximate surface area is 289 Å². The number of hydrogen-bond donors (Lipinski definition) is 2. The van der Waals surface area contributed by atoms with Gasteiger partial charge in [0.25, 0.3) is 17.7 Å². The first kappa shape index (κ1) is 37.3. The molecule has 0 aromatic heterocycles. The average Bonchev–Trinajstić information content (AvgIpc) is 3.01. The van der Waals surface area contributed by atoms with Gasteiger partial charge in [-0.15, -0.1) is 0 Å². The molecule has 15 heteroatoms. The van der Waals surface area contributed by atoms with E-state index in [-0.39, 0.29) is 35.9 Å². The molecule has 266 valence electrons. The van der Waals surface area contributed by atoms with E-state index in [4.69, 9.17) is 18.9 Å². The van der Waals surface area contributed by atoms with Gasteiger partial charge in [-0.05, 0) is 95.5 Å². The van der Waals surface area contributed by atoms with E-state index >= 15 is 0 Å². The van der Waals surface area contributed by atoms with Crippen molar-refractivity contribution in [3.8, 4) is 6.07 Å². The van der Waals surface area contributed by atoms with Crippen LogP contribution in [0.3, 0.4) is 0 Å². The number of nitrogens with zero attached hydrogens (tertiary/aromatic N) is 3. The van der Waals surface area contributed by atoms with E-state index in [0.29, 0.717) is 29.1 Å². The van der Waals surface area contributed by atoms with Gasteiger partial charge >= 0.3 is 18.2 Å². The van der Waals surface area contributed by atoms with Crippen molar-refractivity contribution < 1.29 is 47.7 Å². The fraction of sp³-hybridized carbons (Fsp3) is 0.457. The van der Waals surface area contributed by atoms with E-state index in [2.05, 4.69) is 10.6 Å². The number of fused-ring (bicyclic) bond motifs is 1. The van der Waals surface area contributed by atoms with E-state index in [1.807, 2.05) is 6.07 Å². The number of benzene rings is 2. The number of anilines is 2. The Balaban J connectivity index is 1.60. The molecule has 2 aliphatic heterocycles. The molecule has 0 spiro atoms. The van der Waals surface area contributed by atoms with Gasteiger partial charge in [-0.1, -0.05) is 0 Å². The summed E-state index contributed by atoms with van der Waals surface area (Å²) < 4.78 is 21.8. The molecule has 0 bridgehead atoms. The minimum atomic E-state index is -1.72. The summed E-state index contributed by atoms with van der Waals surface area (Å²) in [6.45, 7) is 11.0. The number of carbonyl (C=O) groups is 6. The number of esters is 1. The summed E-state index contributed by atoms with van der Waals surface area (Å²) in [4.78, 5) is 80.1. The van der Waals surface area contributed by atoms with Crippen LogP contribution in [-0.2, 0) is 46.3 Å². The Hall–Kier alpha value is -5.49. The number of morpholine rings is 1. The number of imide groups is 1. The molecular formula is C35H41N5O10. The van der Waals surface area contributed by atoms with Crippen LogP contribution in [-0.4, -0.2) is 83.9 Å². The molecule has 0 unspecified atom stereocenters. The standard InChI is InChI=1S/C35H41N5O10/c1-20(41)48-27(28-31(44)39(14-15-47-28)25-10-11-26-21(17-25)12-13-37-29(26)42)30(43)38-24-9-8-22(18-36)23(16-24)19-40(32(45)49-34(2,3)4)33(46)50-35(5,6)7/h8-11,16-17,27-28H,12-15,19H2,1-7H3,(H,37,42)(H,38,43)/t27-,28-/m1/s1. The fourth-order valence-corrected chi connectivity index (χ4v) is 5.23. The van der Waals surface area contributed by atoms with Crippen molar-refractivity contribution in [3.05, 3.63) is 58.7 Å². The summed E-state index contributed by atoms with van der Waals surface area (Å²) in [5, 5.41) is 15.2. The predicted octanol–water partition coefficient (Wildman–Crippen LogP) is 3.82. The van der Waals surface area contributed by atoms with Crippen LogP contribution in [0.5, 0.6) is 0 Å². The lowest BCUT2D eigenvalue weighted by Gasteiger charge is -2.35. The van der Waals surface area contributed by atoms with Gasteiger partial charge < -0.3 is 34.5 Å². The molecule has 2 atom stereocenters. The molecule has 2 aromatic carbocycles. The highest BCUT2D eigenvalue weighted by molar-refractivity contribution is 6.05. The second-order valence-electron chi connectivity index (χ2n) is 13.7.